The minimum Gasteiger partial charge on any atom is -0.286 e. The van der Waals surface area contributed by atoms with Crippen LogP contribution in [0.15, 0.2) is 60.7 Å². The molecule has 1 fully saturated rings. The first-order chi connectivity index (χ1) is 8.28. The van der Waals surface area contributed by atoms with Gasteiger partial charge in [0.15, 0.2) is 0 Å². The summed E-state index contributed by atoms with van der Waals surface area (Å²) < 4.78 is 0. The molecule has 3 rings (SSSR count). The third-order valence-corrected chi connectivity index (χ3v) is 4.10. The fourth-order valence-electron chi connectivity index (χ4n) is 3.02. The normalized spacial score (nSPS) is 25.5. The van der Waals surface area contributed by atoms with Crippen LogP contribution in [0.4, 0.5) is 0 Å². The van der Waals surface area contributed by atoms with Gasteiger partial charge in [-0.15, -0.1) is 0 Å². The molecule has 1 aliphatic rings. The highest BCUT2D eigenvalue weighted by Crippen LogP contribution is 2.52. The van der Waals surface area contributed by atoms with E-state index in [1.54, 1.807) is 0 Å². The summed E-state index contributed by atoms with van der Waals surface area (Å²) >= 11 is 0. The molecule has 0 saturated carbocycles. The van der Waals surface area contributed by atoms with Crippen molar-refractivity contribution >= 4 is 0 Å². The number of nitrogens with zero attached hydrogens (tertiary/aromatic N) is 1. The summed E-state index contributed by atoms with van der Waals surface area (Å²) in [7, 11) is 2.20. The average molecular weight is 223 g/mol. The van der Waals surface area contributed by atoms with Gasteiger partial charge >= 0.3 is 0 Å². The van der Waals surface area contributed by atoms with Crippen LogP contribution in [0.3, 0.4) is 0 Å². The quantitative estimate of drug-likeness (QED) is 0.706. The largest absolute Gasteiger partial charge is 0.286 e. The smallest absolute Gasteiger partial charge is 0.0871 e. The van der Waals surface area contributed by atoms with E-state index in [1.807, 2.05) is 0 Å². The highest BCUT2D eigenvalue weighted by molar-refractivity contribution is 5.47. The second-order valence-electron chi connectivity index (χ2n) is 4.79. The molecule has 0 N–H and O–H groups in total. The lowest BCUT2D eigenvalue weighted by Crippen LogP contribution is -2.16. The van der Waals surface area contributed by atoms with Gasteiger partial charge in [0, 0.05) is 6.04 Å². The first-order valence-electron chi connectivity index (χ1n) is 6.12. The number of rotatable bonds is 2. The van der Waals surface area contributed by atoms with Crippen LogP contribution < -0.4 is 0 Å². The molecule has 0 spiro atoms. The molecule has 1 heterocycles. The number of likely N-dealkylation sites (N-methyl/N-ethyl adjacent to an activating group) is 1. The molecule has 0 amide bonds. The van der Waals surface area contributed by atoms with E-state index in [4.69, 9.17) is 0 Å². The Hall–Kier alpha value is -1.60. The van der Waals surface area contributed by atoms with E-state index in [2.05, 4.69) is 79.5 Å². The monoisotopic (exact) mass is 223 g/mol. The Kier molecular flexibility index (Phi) is 2.30. The Bertz CT molecular complexity index is 454. The molecule has 86 valence electrons. The van der Waals surface area contributed by atoms with E-state index >= 15 is 0 Å². The lowest BCUT2D eigenvalue weighted by molar-refractivity contribution is 0.534. The highest BCUT2D eigenvalue weighted by Gasteiger charge is 2.59. The van der Waals surface area contributed by atoms with Crippen molar-refractivity contribution in [1.29, 1.82) is 0 Å². The number of hydrogen-bond acceptors (Lipinski definition) is 1. The minimum absolute atomic E-state index is 0.0858. The third-order valence-electron chi connectivity index (χ3n) is 4.10. The summed E-state index contributed by atoms with van der Waals surface area (Å²) in [5.41, 5.74) is 2.87. The minimum atomic E-state index is 0.0858. The van der Waals surface area contributed by atoms with Crippen molar-refractivity contribution in [3.05, 3.63) is 71.8 Å². The van der Waals surface area contributed by atoms with Crippen LogP contribution >= 0.6 is 0 Å². The van der Waals surface area contributed by atoms with Gasteiger partial charge in [-0.25, -0.2) is 0 Å². The standard InChI is InChI=1S/C16H17N/c1-13-16(17(13)2,14-9-5-3-6-10-14)15-11-7-4-8-12-15/h3-13H,1-2H3. The highest BCUT2D eigenvalue weighted by atomic mass is 15.4. The molecule has 17 heavy (non-hydrogen) atoms. The van der Waals surface area contributed by atoms with Crippen LogP contribution in [0.5, 0.6) is 0 Å². The molecule has 0 aromatic heterocycles. The molecule has 1 heteroatoms. The molecular weight excluding hydrogens is 206 g/mol. The van der Waals surface area contributed by atoms with Crippen molar-refractivity contribution in [3.63, 3.8) is 0 Å². The third kappa shape index (κ3) is 1.36. The second kappa shape index (κ2) is 3.71. The van der Waals surface area contributed by atoms with Crippen LogP contribution in [-0.4, -0.2) is 18.0 Å². The van der Waals surface area contributed by atoms with Gasteiger partial charge < -0.3 is 0 Å². The number of hydrogen-bond donors (Lipinski definition) is 0. The Morgan fingerprint density at radius 1 is 0.824 bits per heavy atom. The molecule has 0 radical (unpaired) electrons. The summed E-state index contributed by atoms with van der Waals surface area (Å²) in [5, 5.41) is 0. The Balaban J connectivity index is 2.14. The molecule has 1 nitrogen and oxygen atoms in total. The maximum absolute atomic E-state index is 2.43. The molecule has 1 saturated heterocycles. The Morgan fingerprint density at radius 3 is 1.47 bits per heavy atom. The van der Waals surface area contributed by atoms with E-state index in [9.17, 15) is 0 Å². The van der Waals surface area contributed by atoms with E-state index in [-0.39, 0.29) is 5.54 Å². The lowest BCUT2D eigenvalue weighted by atomic mass is 9.88. The van der Waals surface area contributed by atoms with Crippen LogP contribution in [0.1, 0.15) is 18.1 Å². The van der Waals surface area contributed by atoms with Crippen molar-refractivity contribution in [3.8, 4) is 0 Å². The maximum atomic E-state index is 2.43. The predicted molar refractivity (Wildman–Crippen MR) is 70.9 cm³/mol. The SMILES string of the molecule is CC1N(C)C1(c1ccccc1)c1ccccc1. The zero-order valence-electron chi connectivity index (χ0n) is 10.3. The zero-order chi connectivity index (χ0) is 11.9. The van der Waals surface area contributed by atoms with Crippen molar-refractivity contribution in [2.75, 3.05) is 7.05 Å². The van der Waals surface area contributed by atoms with E-state index in [0.717, 1.165) is 0 Å². The van der Waals surface area contributed by atoms with Gasteiger partial charge in [-0.2, -0.15) is 0 Å². The van der Waals surface area contributed by atoms with Crippen LogP contribution in [-0.2, 0) is 5.54 Å². The van der Waals surface area contributed by atoms with Gasteiger partial charge in [-0.05, 0) is 25.1 Å². The fraction of sp³-hybridized carbons (Fsp3) is 0.250. The van der Waals surface area contributed by atoms with Gasteiger partial charge in [0.2, 0.25) is 0 Å². The lowest BCUT2D eigenvalue weighted by Gasteiger charge is -2.17. The maximum Gasteiger partial charge on any atom is 0.0871 e. The Morgan fingerprint density at radius 2 is 1.18 bits per heavy atom. The van der Waals surface area contributed by atoms with Gasteiger partial charge in [0.25, 0.3) is 0 Å². The van der Waals surface area contributed by atoms with Crippen molar-refractivity contribution in [2.24, 2.45) is 0 Å². The van der Waals surface area contributed by atoms with Crippen molar-refractivity contribution in [1.82, 2.24) is 4.90 Å². The van der Waals surface area contributed by atoms with E-state index in [0.29, 0.717) is 6.04 Å². The van der Waals surface area contributed by atoms with Crippen molar-refractivity contribution < 1.29 is 0 Å². The topological polar surface area (TPSA) is 3.01 Å². The number of benzene rings is 2. The molecule has 0 bridgehead atoms. The predicted octanol–water partition coefficient (Wildman–Crippen LogP) is 3.26. The summed E-state index contributed by atoms with van der Waals surface area (Å²) in [6, 6.07) is 22.1. The fourth-order valence-corrected chi connectivity index (χ4v) is 3.02. The summed E-state index contributed by atoms with van der Waals surface area (Å²) in [5.74, 6) is 0. The molecule has 1 aliphatic heterocycles. The summed E-state index contributed by atoms with van der Waals surface area (Å²) in [6.45, 7) is 2.29. The summed E-state index contributed by atoms with van der Waals surface area (Å²) in [4.78, 5) is 2.43. The van der Waals surface area contributed by atoms with Crippen molar-refractivity contribution in [2.45, 2.75) is 18.5 Å². The average Bonchev–Trinajstić information content (AvgIpc) is 2.95. The van der Waals surface area contributed by atoms with Crippen LogP contribution in [0, 0.1) is 0 Å². The molecule has 2 unspecified atom stereocenters. The van der Waals surface area contributed by atoms with Crippen LogP contribution in [0.25, 0.3) is 0 Å². The van der Waals surface area contributed by atoms with Gasteiger partial charge in [0.05, 0.1) is 5.54 Å². The van der Waals surface area contributed by atoms with Gasteiger partial charge in [-0.1, -0.05) is 60.7 Å². The van der Waals surface area contributed by atoms with Crippen LogP contribution in [0.2, 0.25) is 0 Å². The van der Waals surface area contributed by atoms with E-state index in [1.165, 1.54) is 11.1 Å². The molecular formula is C16H17N. The zero-order valence-corrected chi connectivity index (χ0v) is 10.3. The summed E-state index contributed by atoms with van der Waals surface area (Å²) in [6.07, 6.45) is 0. The molecule has 2 aromatic carbocycles. The Labute approximate surface area is 103 Å². The second-order valence-corrected chi connectivity index (χ2v) is 4.79. The molecule has 2 aromatic rings. The first-order valence-corrected chi connectivity index (χ1v) is 6.12. The molecule has 0 aliphatic carbocycles. The first kappa shape index (κ1) is 10.5. The van der Waals surface area contributed by atoms with Gasteiger partial charge in [-0.3, -0.25) is 4.90 Å². The molecule has 2 atom stereocenters. The van der Waals surface area contributed by atoms with E-state index < -0.39 is 0 Å². The van der Waals surface area contributed by atoms with Gasteiger partial charge in [0.1, 0.15) is 0 Å².